The molecule has 0 fully saturated rings. The van der Waals surface area contributed by atoms with Crippen molar-refractivity contribution in [2.24, 2.45) is 0 Å². The number of ketones is 1. The van der Waals surface area contributed by atoms with Crippen LogP contribution in [0.2, 0.25) is 0 Å². The van der Waals surface area contributed by atoms with Gasteiger partial charge in [0.2, 0.25) is 0 Å². The summed E-state index contributed by atoms with van der Waals surface area (Å²) in [6.45, 7) is 0. The van der Waals surface area contributed by atoms with Gasteiger partial charge in [-0.05, 0) is 24.3 Å². The Morgan fingerprint density at radius 1 is 0.714 bits per heavy atom. The fourth-order valence-corrected chi connectivity index (χ4v) is 3.63. The molecule has 0 spiro atoms. The lowest BCUT2D eigenvalue weighted by molar-refractivity contribution is -0.139. The fourth-order valence-electron chi connectivity index (χ4n) is 2.53. The average molecular weight is 540 g/mol. The zero-order valence-corrected chi connectivity index (χ0v) is 16.6. The van der Waals surface area contributed by atoms with E-state index >= 15 is 0 Å². The van der Waals surface area contributed by atoms with Crippen molar-refractivity contribution in [1.29, 1.82) is 0 Å². The summed E-state index contributed by atoms with van der Waals surface area (Å²) >= 11 is 5.41. The third-order valence-corrected chi connectivity index (χ3v) is 4.98. The molecule has 2 aromatic rings. The highest BCUT2D eigenvalue weighted by Gasteiger charge is 2.37. The molecule has 0 heterocycles. The molecule has 2 rings (SSSR count). The first-order valence-corrected chi connectivity index (χ1v) is 9.52. The molecule has 0 saturated carbocycles. The fraction of sp³-hybridized carbons (Fsp3) is 0.235. The molecule has 2 aromatic carbocycles. The van der Waals surface area contributed by atoms with E-state index in [0.29, 0.717) is 24.3 Å². The molecule has 0 N–H and O–H groups in total. The minimum atomic E-state index is -4.89. The van der Waals surface area contributed by atoms with Gasteiger partial charge in [0.15, 0.2) is 5.78 Å². The molecule has 0 aromatic heterocycles. The summed E-state index contributed by atoms with van der Waals surface area (Å²) < 4.78 is 107. The normalized spacial score (nSPS) is 12.4. The Bertz CT molecular complexity index is 845. The van der Waals surface area contributed by atoms with E-state index in [1.807, 2.05) is 0 Å². The minimum Gasteiger partial charge on any atom is -0.288 e. The number of carbonyl (C=O) groups is 1. The van der Waals surface area contributed by atoms with Gasteiger partial charge in [0.1, 0.15) is 11.6 Å². The Labute approximate surface area is 170 Å². The zero-order valence-electron chi connectivity index (χ0n) is 13.4. The van der Waals surface area contributed by atoms with Crippen LogP contribution in [0.15, 0.2) is 24.3 Å². The molecule has 0 aliphatic heterocycles. The van der Waals surface area contributed by atoms with Crippen LogP contribution in [0.1, 0.15) is 38.2 Å². The topological polar surface area (TPSA) is 17.1 Å². The standard InChI is InChI=1S/C17H8Br2F8O/c18-5-9-11(16(22,23)24)3-1-7(13(9)20)15(28)8-2-4-12(17(25,26)27)10(6-19)14(8)21/h1-4H,5-6H2. The van der Waals surface area contributed by atoms with Crippen LogP contribution in [0.25, 0.3) is 0 Å². The Kier molecular flexibility index (Phi) is 6.59. The Hall–Kier alpha value is -1.49. The van der Waals surface area contributed by atoms with Crippen LogP contribution in [0.5, 0.6) is 0 Å². The average Bonchev–Trinajstić information content (AvgIpc) is 2.58. The first-order valence-electron chi connectivity index (χ1n) is 7.28. The lowest BCUT2D eigenvalue weighted by atomic mass is 9.94. The molecule has 0 atom stereocenters. The number of carbonyl (C=O) groups excluding carboxylic acids is 1. The van der Waals surface area contributed by atoms with Gasteiger partial charge in [-0.1, -0.05) is 31.9 Å². The number of benzene rings is 2. The Balaban J connectivity index is 2.65. The van der Waals surface area contributed by atoms with E-state index in [4.69, 9.17) is 0 Å². The third kappa shape index (κ3) is 4.24. The Morgan fingerprint density at radius 3 is 1.29 bits per heavy atom. The van der Waals surface area contributed by atoms with Crippen LogP contribution >= 0.6 is 31.9 Å². The molecule has 0 unspecified atom stereocenters. The second-order valence-electron chi connectivity index (χ2n) is 5.50. The summed E-state index contributed by atoms with van der Waals surface area (Å²) in [4.78, 5) is 12.5. The maximum atomic E-state index is 14.5. The first-order chi connectivity index (χ1) is 12.8. The maximum Gasteiger partial charge on any atom is 0.416 e. The molecule has 0 bridgehead atoms. The van der Waals surface area contributed by atoms with Crippen molar-refractivity contribution in [3.63, 3.8) is 0 Å². The van der Waals surface area contributed by atoms with Gasteiger partial charge in [-0.2, -0.15) is 26.3 Å². The summed E-state index contributed by atoms with van der Waals surface area (Å²) in [7, 11) is 0. The summed E-state index contributed by atoms with van der Waals surface area (Å²) in [6.07, 6.45) is -9.79. The lowest BCUT2D eigenvalue weighted by Gasteiger charge is -2.16. The Morgan fingerprint density at radius 2 is 1.04 bits per heavy atom. The number of alkyl halides is 8. The zero-order chi connectivity index (χ0) is 21.4. The van der Waals surface area contributed by atoms with Crippen molar-refractivity contribution in [3.05, 3.63) is 69.3 Å². The summed E-state index contributed by atoms with van der Waals surface area (Å²) in [5.41, 5.74) is -6.17. The van der Waals surface area contributed by atoms with Gasteiger partial charge < -0.3 is 0 Å². The van der Waals surface area contributed by atoms with E-state index in [-0.39, 0.29) is 0 Å². The summed E-state index contributed by atoms with van der Waals surface area (Å²) in [6, 6.07) is 1.97. The molecular weight excluding hydrogens is 532 g/mol. The third-order valence-electron chi connectivity index (χ3n) is 3.85. The SMILES string of the molecule is O=C(c1ccc(C(F)(F)F)c(CBr)c1F)c1ccc(C(F)(F)F)c(CBr)c1F. The quantitative estimate of drug-likeness (QED) is 0.232. The second-order valence-corrected chi connectivity index (χ2v) is 6.62. The molecule has 1 nitrogen and oxygen atoms in total. The second kappa shape index (κ2) is 8.10. The predicted octanol–water partition coefficient (Wildman–Crippen LogP) is 7.02. The molecule has 28 heavy (non-hydrogen) atoms. The van der Waals surface area contributed by atoms with Crippen LogP contribution in [-0.2, 0) is 23.0 Å². The molecule has 11 heteroatoms. The van der Waals surface area contributed by atoms with Crippen LogP contribution in [0.4, 0.5) is 35.1 Å². The van der Waals surface area contributed by atoms with Crippen LogP contribution in [0.3, 0.4) is 0 Å². The van der Waals surface area contributed by atoms with Crippen LogP contribution < -0.4 is 0 Å². The molecule has 0 aliphatic rings. The van der Waals surface area contributed by atoms with E-state index in [1.165, 1.54) is 0 Å². The van der Waals surface area contributed by atoms with E-state index in [1.54, 1.807) is 0 Å². The van der Waals surface area contributed by atoms with E-state index in [0.717, 1.165) is 0 Å². The van der Waals surface area contributed by atoms with Gasteiger partial charge in [-0.25, -0.2) is 8.78 Å². The maximum absolute atomic E-state index is 14.5. The van der Waals surface area contributed by atoms with Crippen molar-refractivity contribution < 1.29 is 39.9 Å². The number of halogens is 10. The molecular formula is C17H8Br2F8O. The van der Waals surface area contributed by atoms with Gasteiger partial charge in [0.05, 0.1) is 22.3 Å². The molecule has 0 aliphatic carbocycles. The van der Waals surface area contributed by atoms with Crippen molar-refractivity contribution >= 4 is 37.6 Å². The predicted molar refractivity (Wildman–Crippen MR) is 91.5 cm³/mol. The number of rotatable bonds is 4. The van der Waals surface area contributed by atoms with Gasteiger partial charge in [-0.3, -0.25) is 4.79 Å². The smallest absolute Gasteiger partial charge is 0.288 e. The van der Waals surface area contributed by atoms with Gasteiger partial charge in [0.25, 0.3) is 0 Å². The highest BCUT2D eigenvalue weighted by molar-refractivity contribution is 9.08. The van der Waals surface area contributed by atoms with E-state index < -0.39 is 73.8 Å². The monoisotopic (exact) mass is 538 g/mol. The van der Waals surface area contributed by atoms with Crippen LogP contribution in [0, 0.1) is 11.6 Å². The summed E-state index contributed by atoms with van der Waals surface area (Å²) in [5, 5.41) is -1.17. The van der Waals surface area contributed by atoms with Gasteiger partial charge >= 0.3 is 12.4 Å². The minimum absolute atomic E-state index is 0.459. The number of hydrogen-bond donors (Lipinski definition) is 0. The largest absolute Gasteiger partial charge is 0.416 e. The first kappa shape index (κ1) is 22.8. The molecule has 152 valence electrons. The van der Waals surface area contributed by atoms with Gasteiger partial charge in [0, 0.05) is 21.8 Å². The molecule has 0 radical (unpaired) electrons. The summed E-state index contributed by atoms with van der Waals surface area (Å²) in [5.74, 6) is -4.44. The molecule has 0 amide bonds. The molecule has 0 saturated heterocycles. The van der Waals surface area contributed by atoms with Crippen LogP contribution in [-0.4, -0.2) is 5.78 Å². The van der Waals surface area contributed by atoms with E-state index in [9.17, 15) is 39.9 Å². The highest BCUT2D eigenvalue weighted by atomic mass is 79.9. The van der Waals surface area contributed by atoms with Crippen molar-refractivity contribution in [2.75, 3.05) is 0 Å². The van der Waals surface area contributed by atoms with Gasteiger partial charge in [-0.15, -0.1) is 0 Å². The van der Waals surface area contributed by atoms with Crippen molar-refractivity contribution in [2.45, 2.75) is 23.0 Å². The van der Waals surface area contributed by atoms with Crippen molar-refractivity contribution in [3.8, 4) is 0 Å². The van der Waals surface area contributed by atoms with E-state index in [2.05, 4.69) is 31.9 Å². The number of hydrogen-bond acceptors (Lipinski definition) is 1. The highest BCUT2D eigenvalue weighted by Crippen LogP contribution is 2.37. The lowest BCUT2D eigenvalue weighted by Crippen LogP contribution is -2.16. The van der Waals surface area contributed by atoms with Crippen molar-refractivity contribution in [1.82, 2.24) is 0 Å².